The van der Waals surface area contributed by atoms with Crippen LogP contribution in [0.2, 0.25) is 0 Å². The van der Waals surface area contributed by atoms with Crippen molar-refractivity contribution in [2.45, 2.75) is 26.4 Å². The van der Waals surface area contributed by atoms with Gasteiger partial charge in [-0.3, -0.25) is 9.58 Å². The fourth-order valence-corrected chi connectivity index (χ4v) is 4.36. The highest BCUT2D eigenvalue weighted by molar-refractivity contribution is 5.30. The topological polar surface area (TPSA) is 44.4 Å². The van der Waals surface area contributed by atoms with Gasteiger partial charge in [0.05, 0.1) is 11.4 Å². The molecule has 0 bridgehead atoms. The summed E-state index contributed by atoms with van der Waals surface area (Å²) in [6.45, 7) is 6.31. The van der Waals surface area contributed by atoms with Crippen LogP contribution < -0.4 is 4.74 Å². The number of likely N-dealkylation sites (tertiary alicyclic amines) is 1. The second kappa shape index (κ2) is 7.40. The van der Waals surface area contributed by atoms with Crippen LogP contribution in [0.4, 0.5) is 13.2 Å². The van der Waals surface area contributed by atoms with Gasteiger partial charge < -0.3 is 10.1 Å². The molecule has 0 spiro atoms. The van der Waals surface area contributed by atoms with Crippen molar-refractivity contribution in [3.05, 3.63) is 52.6 Å². The molecule has 2 atom stereocenters. The molecule has 28 heavy (non-hydrogen) atoms. The van der Waals surface area contributed by atoms with Gasteiger partial charge in [-0.2, -0.15) is 5.10 Å². The van der Waals surface area contributed by atoms with Gasteiger partial charge in [-0.05, 0) is 37.0 Å². The van der Waals surface area contributed by atoms with E-state index < -0.39 is 6.36 Å². The number of alkyl halides is 3. The van der Waals surface area contributed by atoms with E-state index in [2.05, 4.69) is 26.1 Å². The van der Waals surface area contributed by atoms with Crippen LogP contribution >= 0.6 is 0 Å². The maximum atomic E-state index is 12.3. The number of halogens is 3. The van der Waals surface area contributed by atoms with Gasteiger partial charge >= 0.3 is 6.36 Å². The molecular formula is C20H24F3N4O-. The van der Waals surface area contributed by atoms with Crippen molar-refractivity contribution in [2.75, 3.05) is 19.6 Å². The largest absolute Gasteiger partial charge is 0.658 e. The minimum atomic E-state index is -4.67. The summed E-state index contributed by atoms with van der Waals surface area (Å²) in [5, 5.41) is 8.98. The standard InChI is InChI=1S/C20H24F3N4O/c1-13-6-15(26(2)25-13)10-27-11-18-17(19(18)12-27)9-24-8-14-4-3-5-16(7-14)28-20(21,22)23/h3-7,17-19H,8-12H2,1-2H3/q-1. The molecule has 1 aliphatic heterocycles. The van der Waals surface area contributed by atoms with E-state index in [1.54, 1.807) is 12.1 Å². The van der Waals surface area contributed by atoms with Gasteiger partial charge in [-0.1, -0.05) is 23.6 Å². The quantitative estimate of drug-likeness (QED) is 0.717. The lowest BCUT2D eigenvalue weighted by molar-refractivity contribution is -0.274. The Morgan fingerprint density at radius 1 is 1.21 bits per heavy atom. The SMILES string of the molecule is Cc1cc(CN2CC3C(C[N-]Cc4cccc(OC(F)(F)F)c4)C3C2)n(C)n1. The first kappa shape index (κ1) is 19.3. The predicted octanol–water partition coefficient (Wildman–Crippen LogP) is 3.88. The number of hydrogen-bond donors (Lipinski definition) is 0. The summed E-state index contributed by atoms with van der Waals surface area (Å²) < 4.78 is 42.8. The first-order valence-corrected chi connectivity index (χ1v) is 9.48. The zero-order valence-corrected chi connectivity index (χ0v) is 16.0. The van der Waals surface area contributed by atoms with E-state index in [1.807, 2.05) is 18.7 Å². The van der Waals surface area contributed by atoms with Crippen LogP contribution in [-0.4, -0.2) is 40.7 Å². The van der Waals surface area contributed by atoms with Gasteiger partial charge in [0, 0.05) is 26.7 Å². The third-order valence-corrected chi connectivity index (χ3v) is 5.70. The highest BCUT2D eigenvalue weighted by Crippen LogP contribution is 2.52. The van der Waals surface area contributed by atoms with Crippen LogP contribution in [0.15, 0.2) is 30.3 Å². The summed E-state index contributed by atoms with van der Waals surface area (Å²) in [6, 6.07) is 8.18. The number of ether oxygens (including phenoxy) is 1. The van der Waals surface area contributed by atoms with E-state index in [4.69, 9.17) is 0 Å². The lowest BCUT2D eigenvalue weighted by Crippen LogP contribution is -2.25. The number of fused-ring (bicyclic) bond motifs is 1. The molecule has 0 N–H and O–H groups in total. The van der Waals surface area contributed by atoms with Crippen molar-refractivity contribution < 1.29 is 17.9 Å². The van der Waals surface area contributed by atoms with Gasteiger partial charge in [-0.15, -0.1) is 26.3 Å². The van der Waals surface area contributed by atoms with Crippen LogP contribution in [0.25, 0.3) is 5.32 Å². The van der Waals surface area contributed by atoms with Crippen molar-refractivity contribution in [1.82, 2.24) is 14.7 Å². The molecule has 2 aromatic rings. The second-order valence-electron chi connectivity index (χ2n) is 7.85. The number of aryl methyl sites for hydroxylation is 2. The Morgan fingerprint density at radius 2 is 1.96 bits per heavy atom. The average molecular weight is 393 g/mol. The first-order chi connectivity index (χ1) is 13.3. The summed E-state index contributed by atoms with van der Waals surface area (Å²) >= 11 is 0. The fraction of sp³-hybridized carbons (Fsp3) is 0.550. The van der Waals surface area contributed by atoms with Crippen molar-refractivity contribution in [1.29, 1.82) is 0 Å². The van der Waals surface area contributed by atoms with E-state index in [-0.39, 0.29) is 5.75 Å². The van der Waals surface area contributed by atoms with Crippen molar-refractivity contribution in [2.24, 2.45) is 24.8 Å². The minimum absolute atomic E-state index is 0.190. The average Bonchev–Trinajstić information content (AvgIpc) is 2.91. The Morgan fingerprint density at radius 3 is 2.61 bits per heavy atom. The van der Waals surface area contributed by atoms with Gasteiger partial charge in [0.1, 0.15) is 5.75 Å². The predicted molar refractivity (Wildman–Crippen MR) is 98.7 cm³/mol. The Kier molecular flexibility index (Phi) is 5.09. The van der Waals surface area contributed by atoms with Crippen molar-refractivity contribution >= 4 is 0 Å². The molecule has 1 aromatic carbocycles. The second-order valence-corrected chi connectivity index (χ2v) is 7.85. The summed E-state index contributed by atoms with van der Waals surface area (Å²) in [5.41, 5.74) is 3.02. The molecule has 2 unspecified atom stereocenters. The summed E-state index contributed by atoms with van der Waals surface area (Å²) in [5.74, 6) is 1.81. The molecule has 1 saturated heterocycles. The lowest BCUT2D eigenvalue weighted by atomic mass is 10.2. The van der Waals surface area contributed by atoms with Crippen molar-refractivity contribution in [3.63, 3.8) is 0 Å². The molecule has 5 nitrogen and oxygen atoms in total. The highest BCUT2D eigenvalue weighted by Gasteiger charge is 2.53. The van der Waals surface area contributed by atoms with Crippen LogP contribution in [0.1, 0.15) is 17.0 Å². The summed E-state index contributed by atoms with van der Waals surface area (Å²) in [6.07, 6.45) is -4.67. The lowest BCUT2D eigenvalue weighted by Gasteiger charge is -2.24. The minimum Gasteiger partial charge on any atom is -0.658 e. The molecule has 2 aliphatic rings. The van der Waals surface area contributed by atoms with E-state index >= 15 is 0 Å². The maximum absolute atomic E-state index is 12.3. The van der Waals surface area contributed by atoms with Crippen molar-refractivity contribution in [3.8, 4) is 5.75 Å². The zero-order valence-electron chi connectivity index (χ0n) is 16.0. The smallest absolute Gasteiger partial charge is 0.573 e. The van der Waals surface area contributed by atoms with Crippen LogP contribution in [0, 0.1) is 24.7 Å². The normalized spacial score (nSPS) is 24.4. The van der Waals surface area contributed by atoms with E-state index in [0.717, 1.165) is 37.4 Å². The molecule has 0 amide bonds. The number of aromatic nitrogens is 2. The molecular weight excluding hydrogens is 369 g/mol. The number of rotatable bonds is 7. The van der Waals surface area contributed by atoms with E-state index in [0.29, 0.717) is 24.3 Å². The summed E-state index contributed by atoms with van der Waals surface area (Å²) in [4.78, 5) is 2.47. The van der Waals surface area contributed by atoms with Crippen LogP contribution in [-0.2, 0) is 20.1 Å². The summed E-state index contributed by atoms with van der Waals surface area (Å²) in [7, 11) is 1.98. The van der Waals surface area contributed by atoms with Gasteiger partial charge in [-0.25, -0.2) is 0 Å². The van der Waals surface area contributed by atoms with E-state index in [1.165, 1.54) is 17.8 Å². The third kappa shape index (κ3) is 4.50. The fourth-order valence-electron chi connectivity index (χ4n) is 4.36. The molecule has 1 saturated carbocycles. The highest BCUT2D eigenvalue weighted by atomic mass is 19.4. The van der Waals surface area contributed by atoms with Gasteiger partial charge in [0.15, 0.2) is 0 Å². The Hall–Kier alpha value is -2.06. The zero-order chi connectivity index (χ0) is 19.9. The molecule has 1 aliphatic carbocycles. The molecule has 2 fully saturated rings. The number of piperidine rings is 1. The molecule has 1 aromatic heterocycles. The molecule has 0 radical (unpaired) electrons. The Bertz CT molecular complexity index is 823. The van der Waals surface area contributed by atoms with Gasteiger partial charge in [0.2, 0.25) is 0 Å². The molecule has 2 heterocycles. The Labute approximate surface area is 162 Å². The maximum Gasteiger partial charge on any atom is 0.573 e. The first-order valence-electron chi connectivity index (χ1n) is 9.48. The van der Waals surface area contributed by atoms with Crippen LogP contribution in [0.5, 0.6) is 5.75 Å². The Balaban J connectivity index is 1.19. The van der Waals surface area contributed by atoms with Crippen LogP contribution in [0.3, 0.4) is 0 Å². The molecule has 4 rings (SSSR count). The number of benzene rings is 1. The monoisotopic (exact) mass is 393 g/mol. The van der Waals surface area contributed by atoms with E-state index in [9.17, 15) is 13.2 Å². The van der Waals surface area contributed by atoms with Gasteiger partial charge in [0.25, 0.3) is 0 Å². The third-order valence-electron chi connectivity index (χ3n) is 5.70. The number of nitrogens with zero attached hydrogens (tertiary/aromatic N) is 4. The molecule has 8 heteroatoms. The molecule has 152 valence electrons. The number of hydrogen-bond acceptors (Lipinski definition) is 3.